The number of ether oxygens (including phenoxy) is 1. The number of amides is 3. The van der Waals surface area contributed by atoms with Gasteiger partial charge >= 0.3 is 0 Å². The monoisotopic (exact) mass is 507 g/mol. The fraction of sp³-hybridized carbons (Fsp3) is 0.880. The predicted octanol–water partition coefficient (Wildman–Crippen LogP) is 0.600. The summed E-state index contributed by atoms with van der Waals surface area (Å²) in [5.74, 6) is 0.212. The maximum atomic E-state index is 13.5. The highest BCUT2D eigenvalue weighted by molar-refractivity contribution is 8.00. The molecule has 5 rings (SSSR count). The Morgan fingerprint density at radius 1 is 1.14 bits per heavy atom. The number of carbonyl (C=O) groups excluding carboxylic acids is 3. The van der Waals surface area contributed by atoms with Crippen molar-refractivity contribution in [1.82, 2.24) is 25.8 Å². The van der Waals surface area contributed by atoms with E-state index in [1.807, 2.05) is 12.0 Å². The Morgan fingerprint density at radius 3 is 2.66 bits per heavy atom. The molecule has 1 aliphatic carbocycles. The molecule has 10 heteroatoms. The van der Waals surface area contributed by atoms with Crippen molar-refractivity contribution in [3.8, 4) is 0 Å². The fourth-order valence-corrected chi connectivity index (χ4v) is 8.46. The minimum Gasteiger partial charge on any atom is -0.381 e. The predicted molar refractivity (Wildman–Crippen MR) is 134 cm³/mol. The van der Waals surface area contributed by atoms with Gasteiger partial charge in [-0.05, 0) is 44.4 Å². The van der Waals surface area contributed by atoms with Gasteiger partial charge in [0.15, 0.2) is 0 Å². The van der Waals surface area contributed by atoms with Crippen LogP contribution >= 0.6 is 11.8 Å². The molecule has 0 spiro atoms. The van der Waals surface area contributed by atoms with Gasteiger partial charge in [0, 0.05) is 57.7 Å². The Labute approximate surface area is 212 Å². The standard InChI is InChI=1S/C25H41N5O4S/c1-14-10-17(15-6-4-5-7-20(15)34-3)18(11-26-14)22(31)28-25-27-19-12-30(13-21(19)35-25)24(33)16-8-9-29(2)23(16)32/h14-21,25-27H,4-13H2,1-3H3,(H,28,31). The van der Waals surface area contributed by atoms with Crippen molar-refractivity contribution in [2.75, 3.05) is 40.3 Å². The molecule has 9 nitrogen and oxygen atoms in total. The van der Waals surface area contributed by atoms with Gasteiger partial charge in [-0.1, -0.05) is 12.8 Å². The zero-order valence-electron chi connectivity index (χ0n) is 21.2. The number of likely N-dealkylation sites (tertiary alicyclic amines) is 2. The maximum Gasteiger partial charge on any atom is 0.235 e. The Hall–Kier alpha value is -1.36. The number of piperidine rings is 1. The van der Waals surface area contributed by atoms with Gasteiger partial charge in [0.1, 0.15) is 11.4 Å². The summed E-state index contributed by atoms with van der Waals surface area (Å²) in [5.41, 5.74) is -0.140. The number of hydrogen-bond donors (Lipinski definition) is 3. The molecule has 35 heavy (non-hydrogen) atoms. The molecule has 9 unspecified atom stereocenters. The van der Waals surface area contributed by atoms with Gasteiger partial charge in [-0.25, -0.2) is 0 Å². The number of nitrogens with one attached hydrogen (secondary N) is 3. The fourth-order valence-electron chi connectivity index (χ4n) is 7.05. The SMILES string of the molecule is COC1CCCCC1C1CC(C)NCC1C(=O)NC1NC2CN(C(=O)C3CCN(C)C3=O)CC2S1. The highest BCUT2D eigenvalue weighted by Crippen LogP contribution is 2.40. The van der Waals surface area contributed by atoms with Gasteiger partial charge in [-0.15, -0.1) is 11.8 Å². The van der Waals surface area contributed by atoms with E-state index in [0.29, 0.717) is 50.5 Å². The minimum atomic E-state index is -0.520. The second kappa shape index (κ2) is 10.6. The van der Waals surface area contributed by atoms with E-state index in [1.54, 1.807) is 23.7 Å². The molecule has 4 aliphatic heterocycles. The lowest BCUT2D eigenvalue weighted by atomic mass is 9.68. The van der Waals surface area contributed by atoms with Crippen LogP contribution in [0.25, 0.3) is 0 Å². The van der Waals surface area contributed by atoms with Crippen molar-refractivity contribution in [3.05, 3.63) is 0 Å². The molecule has 5 aliphatic rings. The highest BCUT2D eigenvalue weighted by atomic mass is 32.2. The molecule has 9 atom stereocenters. The van der Waals surface area contributed by atoms with Crippen molar-refractivity contribution in [2.45, 2.75) is 74.4 Å². The molecule has 4 heterocycles. The molecular weight excluding hydrogens is 466 g/mol. The average Bonchev–Trinajstić information content (AvgIpc) is 3.52. The van der Waals surface area contributed by atoms with Crippen LogP contribution in [-0.4, -0.2) is 96.8 Å². The second-order valence-corrected chi connectivity index (χ2v) is 12.6. The van der Waals surface area contributed by atoms with Crippen LogP contribution in [0.4, 0.5) is 0 Å². The highest BCUT2D eigenvalue weighted by Gasteiger charge is 2.48. The number of thioether (sulfide) groups is 1. The summed E-state index contributed by atoms with van der Waals surface area (Å²) in [7, 11) is 3.57. The van der Waals surface area contributed by atoms with Crippen molar-refractivity contribution >= 4 is 29.5 Å². The first-order valence-electron chi connectivity index (χ1n) is 13.4. The summed E-state index contributed by atoms with van der Waals surface area (Å²) in [4.78, 5) is 42.2. The van der Waals surface area contributed by atoms with Crippen molar-refractivity contribution < 1.29 is 19.1 Å². The van der Waals surface area contributed by atoms with Crippen LogP contribution in [0, 0.1) is 23.7 Å². The van der Waals surface area contributed by atoms with E-state index in [4.69, 9.17) is 4.74 Å². The van der Waals surface area contributed by atoms with Crippen molar-refractivity contribution in [1.29, 1.82) is 0 Å². The third-order valence-electron chi connectivity index (χ3n) is 9.03. The molecule has 1 saturated carbocycles. The molecule has 0 radical (unpaired) electrons. The smallest absolute Gasteiger partial charge is 0.235 e. The van der Waals surface area contributed by atoms with Gasteiger partial charge in [0.25, 0.3) is 0 Å². The molecule has 3 amide bonds. The summed E-state index contributed by atoms with van der Waals surface area (Å²) in [5, 5.41) is 10.6. The second-order valence-electron chi connectivity index (χ2n) is 11.2. The zero-order valence-corrected chi connectivity index (χ0v) is 22.0. The molecule has 0 bridgehead atoms. The van der Waals surface area contributed by atoms with Crippen LogP contribution in [0.1, 0.15) is 45.4 Å². The topological polar surface area (TPSA) is 103 Å². The third kappa shape index (κ3) is 5.08. The van der Waals surface area contributed by atoms with Gasteiger partial charge in [0.05, 0.1) is 12.0 Å². The Balaban J connectivity index is 1.16. The molecule has 3 N–H and O–H groups in total. The molecular formula is C25H41N5O4S. The number of carbonyl (C=O) groups is 3. The first-order valence-corrected chi connectivity index (χ1v) is 14.3. The summed E-state index contributed by atoms with van der Waals surface area (Å²) in [6.45, 7) is 4.80. The lowest BCUT2D eigenvalue weighted by molar-refractivity contribution is -0.142. The van der Waals surface area contributed by atoms with Gasteiger partial charge < -0.3 is 25.2 Å². The van der Waals surface area contributed by atoms with Gasteiger partial charge in [0.2, 0.25) is 17.7 Å². The number of rotatable bonds is 5. The molecule has 0 aromatic rings. The Kier molecular flexibility index (Phi) is 7.63. The minimum absolute atomic E-state index is 0.0397. The molecule has 196 valence electrons. The molecule has 4 saturated heterocycles. The normalized spacial score (nSPS) is 41.8. The summed E-state index contributed by atoms with van der Waals surface area (Å²) in [6.07, 6.45) is 6.53. The average molecular weight is 508 g/mol. The molecule has 0 aromatic heterocycles. The first-order chi connectivity index (χ1) is 16.9. The molecule has 5 fully saturated rings. The lowest BCUT2D eigenvalue weighted by Gasteiger charge is -2.44. The van der Waals surface area contributed by atoms with Crippen LogP contribution < -0.4 is 16.0 Å². The number of nitrogens with zero attached hydrogens (tertiary/aromatic N) is 2. The van der Waals surface area contributed by atoms with Crippen LogP contribution in [0.3, 0.4) is 0 Å². The zero-order chi connectivity index (χ0) is 24.7. The Morgan fingerprint density at radius 2 is 1.94 bits per heavy atom. The van der Waals surface area contributed by atoms with E-state index < -0.39 is 5.92 Å². The van der Waals surface area contributed by atoms with E-state index in [0.717, 1.165) is 19.3 Å². The van der Waals surface area contributed by atoms with Crippen LogP contribution in [0.2, 0.25) is 0 Å². The van der Waals surface area contributed by atoms with Crippen molar-refractivity contribution in [3.63, 3.8) is 0 Å². The summed E-state index contributed by atoms with van der Waals surface area (Å²) < 4.78 is 5.86. The number of fused-ring (bicyclic) bond motifs is 1. The van der Waals surface area contributed by atoms with E-state index in [2.05, 4.69) is 22.9 Å². The van der Waals surface area contributed by atoms with Crippen LogP contribution in [-0.2, 0) is 19.1 Å². The van der Waals surface area contributed by atoms with E-state index in [-0.39, 0.29) is 46.5 Å². The lowest BCUT2D eigenvalue weighted by Crippen LogP contribution is -2.55. The number of hydrogen-bond acceptors (Lipinski definition) is 7. The van der Waals surface area contributed by atoms with E-state index in [9.17, 15) is 14.4 Å². The summed E-state index contributed by atoms with van der Waals surface area (Å²) >= 11 is 1.70. The van der Waals surface area contributed by atoms with E-state index >= 15 is 0 Å². The third-order valence-corrected chi connectivity index (χ3v) is 10.4. The number of methoxy groups -OCH3 is 1. The van der Waals surface area contributed by atoms with Crippen LogP contribution in [0.15, 0.2) is 0 Å². The van der Waals surface area contributed by atoms with Crippen LogP contribution in [0.5, 0.6) is 0 Å². The maximum absolute atomic E-state index is 13.5. The van der Waals surface area contributed by atoms with E-state index in [1.165, 1.54) is 12.8 Å². The van der Waals surface area contributed by atoms with Gasteiger partial charge in [-0.3, -0.25) is 19.7 Å². The first kappa shape index (κ1) is 25.3. The summed E-state index contributed by atoms with van der Waals surface area (Å²) in [6, 6.07) is 0.553. The van der Waals surface area contributed by atoms with Gasteiger partial charge in [-0.2, -0.15) is 0 Å². The quantitative estimate of drug-likeness (QED) is 0.469. The van der Waals surface area contributed by atoms with Crippen molar-refractivity contribution in [2.24, 2.45) is 23.7 Å². The Bertz CT molecular complexity index is 816. The molecule has 0 aromatic carbocycles. The largest absolute Gasteiger partial charge is 0.381 e.